The van der Waals surface area contributed by atoms with Crippen molar-refractivity contribution in [1.82, 2.24) is 30.8 Å². The second-order valence-electron chi connectivity index (χ2n) is 15.8. The van der Waals surface area contributed by atoms with Gasteiger partial charge in [-0.25, -0.2) is 19.6 Å². The number of carboxylic acid groups (broad SMARTS) is 1. The lowest BCUT2D eigenvalue weighted by Gasteiger charge is -2.35. The van der Waals surface area contributed by atoms with Crippen LogP contribution in [0.25, 0.3) is 22.3 Å². The molecule has 3 aromatic rings. The molecule has 55 heavy (non-hydrogen) atoms. The van der Waals surface area contributed by atoms with Gasteiger partial charge < -0.3 is 40.7 Å². The van der Waals surface area contributed by atoms with E-state index in [1.54, 1.807) is 24.6 Å². The smallest absolute Gasteiger partial charge is 0.330 e. The van der Waals surface area contributed by atoms with Gasteiger partial charge in [-0.15, -0.1) is 17.9 Å². The first-order valence-corrected chi connectivity index (χ1v) is 19.4. The van der Waals surface area contributed by atoms with E-state index in [0.29, 0.717) is 38.9 Å². The number of anilines is 1. The van der Waals surface area contributed by atoms with Crippen LogP contribution in [-0.2, 0) is 19.2 Å². The van der Waals surface area contributed by atoms with Gasteiger partial charge in [-0.2, -0.15) is 0 Å². The molecule has 16 heteroatoms. The minimum atomic E-state index is -1.52. The summed E-state index contributed by atoms with van der Waals surface area (Å²) < 4.78 is 12.3. The fourth-order valence-electron chi connectivity index (χ4n) is 7.50. The van der Waals surface area contributed by atoms with E-state index in [1.165, 1.54) is 29.2 Å². The lowest BCUT2D eigenvalue weighted by atomic mass is 9.85. The molecule has 2 aliphatic carbocycles. The minimum Gasteiger partial charge on any atom is -0.496 e. The van der Waals surface area contributed by atoms with Crippen LogP contribution in [-0.4, -0.2) is 93.1 Å². The number of thiazole rings is 1. The molecule has 0 radical (unpaired) electrons. The van der Waals surface area contributed by atoms with Gasteiger partial charge in [-0.3, -0.25) is 14.4 Å². The molecule has 3 fully saturated rings. The number of hydrogen-bond acceptors (Lipinski definition) is 10. The predicted molar refractivity (Wildman–Crippen MR) is 207 cm³/mol. The molecular weight excluding hydrogens is 727 g/mol. The minimum absolute atomic E-state index is 0.0207. The zero-order valence-corrected chi connectivity index (χ0v) is 32.8. The highest BCUT2D eigenvalue weighted by atomic mass is 32.1. The summed E-state index contributed by atoms with van der Waals surface area (Å²) in [7, 11) is 1.57. The number of aryl methyl sites for hydroxylation is 1. The first kappa shape index (κ1) is 39.4. The normalized spacial score (nSPS) is 22.8. The Balaban J connectivity index is 1.34. The van der Waals surface area contributed by atoms with Gasteiger partial charge in [-0.1, -0.05) is 39.7 Å². The first-order chi connectivity index (χ1) is 26.0. The Labute approximate surface area is 323 Å². The lowest BCUT2D eigenvalue weighted by Crippen LogP contribution is -2.60. The molecule has 6 rings (SSSR count). The van der Waals surface area contributed by atoms with Gasteiger partial charge >= 0.3 is 12.0 Å². The van der Waals surface area contributed by atoms with E-state index in [0.717, 1.165) is 31.2 Å². The van der Waals surface area contributed by atoms with Gasteiger partial charge in [0.2, 0.25) is 17.7 Å². The number of urea groups is 1. The van der Waals surface area contributed by atoms with E-state index in [4.69, 9.17) is 14.5 Å². The molecule has 2 saturated carbocycles. The molecule has 0 spiro atoms. The summed E-state index contributed by atoms with van der Waals surface area (Å²) in [5.74, 6) is -2.01. The van der Waals surface area contributed by atoms with Crippen LogP contribution in [0, 0.1) is 18.3 Å². The molecule has 1 saturated heterocycles. The number of likely N-dealkylation sites (tertiary alicyclic amines) is 1. The number of benzene rings is 1. The van der Waals surface area contributed by atoms with Crippen molar-refractivity contribution in [2.45, 2.75) is 103 Å². The maximum absolute atomic E-state index is 14.6. The largest absolute Gasteiger partial charge is 0.496 e. The fraction of sp³-hybridized carbons (Fsp3) is 0.513. The second kappa shape index (κ2) is 15.5. The summed E-state index contributed by atoms with van der Waals surface area (Å²) in [6.45, 7) is 12.5. The highest BCUT2D eigenvalue weighted by molar-refractivity contribution is 7.14. The zero-order chi connectivity index (χ0) is 39.8. The molecule has 15 nitrogen and oxygen atoms in total. The standard InChI is InChI=1S/C39H49N7O8S/c1-8-22-17-39(22,35(50)51)45-33(48)29-14-24(18-46(29)34(49)32(38(4,5)6)44-36(52)41-23-11-9-10-12-23)54-31-16-27(28-19-55-37(43-28)40-21(3)47)42-26-15-30(53-7)20(2)13-25(26)31/h8,13,15-16,19,22-24,29,32H,1,9-12,14,17-18H2,2-7H3,(H,45,48)(H,50,51)(H,40,43,47)(H2,41,44,52)/t22-,24-,29+,32-,39-/m1/s1. The quantitative estimate of drug-likeness (QED) is 0.160. The van der Waals surface area contributed by atoms with Gasteiger partial charge in [-0.05, 0) is 43.2 Å². The summed E-state index contributed by atoms with van der Waals surface area (Å²) >= 11 is 1.24. The number of fused-ring (bicyclic) bond motifs is 1. The van der Waals surface area contributed by atoms with Gasteiger partial charge in [0.25, 0.3) is 0 Å². The van der Waals surface area contributed by atoms with Gasteiger partial charge in [0.05, 0.1) is 24.9 Å². The van der Waals surface area contributed by atoms with Crippen molar-refractivity contribution >= 4 is 57.1 Å². The van der Waals surface area contributed by atoms with Crippen molar-refractivity contribution in [2.75, 3.05) is 19.0 Å². The Morgan fingerprint density at radius 3 is 2.44 bits per heavy atom. The molecule has 1 aromatic carbocycles. The van der Waals surface area contributed by atoms with Crippen LogP contribution < -0.4 is 30.7 Å². The molecule has 294 valence electrons. The topological polar surface area (TPSA) is 201 Å². The molecule has 2 aromatic heterocycles. The Bertz CT molecular complexity index is 2020. The summed E-state index contributed by atoms with van der Waals surface area (Å²) in [6, 6.07) is 2.82. The number of ether oxygens (including phenoxy) is 2. The average molecular weight is 776 g/mol. The Morgan fingerprint density at radius 1 is 1.09 bits per heavy atom. The fourth-order valence-corrected chi connectivity index (χ4v) is 8.25. The van der Waals surface area contributed by atoms with Gasteiger partial charge in [0.1, 0.15) is 40.9 Å². The van der Waals surface area contributed by atoms with Gasteiger partial charge in [0, 0.05) is 48.2 Å². The molecule has 1 aliphatic heterocycles. The van der Waals surface area contributed by atoms with E-state index >= 15 is 0 Å². The Hall–Kier alpha value is -5.25. The molecule has 5 amide bonds. The number of carbonyl (C=O) groups excluding carboxylic acids is 4. The molecule has 0 bridgehead atoms. The van der Waals surface area contributed by atoms with E-state index in [1.807, 2.05) is 33.8 Å². The summed E-state index contributed by atoms with van der Waals surface area (Å²) in [6.07, 6.45) is 4.76. The monoisotopic (exact) mass is 775 g/mol. The number of aromatic nitrogens is 2. The van der Waals surface area contributed by atoms with Crippen LogP contribution in [0.5, 0.6) is 11.5 Å². The number of carbonyl (C=O) groups is 5. The van der Waals surface area contributed by atoms with Crippen LogP contribution in [0.15, 0.2) is 36.2 Å². The highest BCUT2D eigenvalue weighted by Crippen LogP contribution is 2.45. The molecule has 5 atom stereocenters. The Morgan fingerprint density at radius 2 is 1.82 bits per heavy atom. The summed E-state index contributed by atoms with van der Waals surface area (Å²) in [5, 5.41) is 24.2. The second-order valence-corrected chi connectivity index (χ2v) is 16.6. The van der Waals surface area contributed by atoms with Crippen LogP contribution >= 0.6 is 11.3 Å². The number of nitrogens with zero attached hydrogens (tertiary/aromatic N) is 3. The highest BCUT2D eigenvalue weighted by Gasteiger charge is 2.61. The van der Waals surface area contributed by atoms with Crippen LogP contribution in [0.2, 0.25) is 0 Å². The summed E-state index contributed by atoms with van der Waals surface area (Å²) in [5.41, 5.74) is 0.0441. The number of pyridine rings is 1. The molecular formula is C39H49N7O8S. The van der Waals surface area contributed by atoms with Gasteiger partial charge in [0.15, 0.2) is 5.13 Å². The zero-order valence-electron chi connectivity index (χ0n) is 32.0. The first-order valence-electron chi connectivity index (χ1n) is 18.5. The van der Waals surface area contributed by atoms with Crippen LogP contribution in [0.4, 0.5) is 9.93 Å². The van der Waals surface area contributed by atoms with Crippen LogP contribution in [0.1, 0.15) is 71.8 Å². The van der Waals surface area contributed by atoms with E-state index < -0.39 is 58.9 Å². The SMILES string of the molecule is C=C[C@@H]1C[C@]1(NC(=O)[C@@H]1C[C@@H](Oc2cc(-c3csc(NC(C)=O)n3)nc3cc(OC)c(C)cc23)CN1C(=O)[C@@H](NC(=O)NC1CCCC1)C(C)(C)C)C(=O)O. The van der Waals surface area contributed by atoms with Crippen molar-refractivity contribution < 1.29 is 38.6 Å². The molecule has 3 heterocycles. The lowest BCUT2D eigenvalue weighted by molar-refractivity contribution is -0.146. The maximum Gasteiger partial charge on any atom is 0.330 e. The predicted octanol–water partition coefficient (Wildman–Crippen LogP) is 4.78. The van der Waals surface area contributed by atoms with Crippen molar-refractivity contribution in [1.29, 1.82) is 0 Å². The summed E-state index contributed by atoms with van der Waals surface area (Å²) in [4.78, 5) is 76.8. The number of rotatable bonds is 12. The average Bonchev–Trinajstić information content (AvgIpc) is 3.53. The number of carboxylic acids is 1. The third-order valence-corrected chi connectivity index (χ3v) is 11.3. The van der Waals surface area contributed by atoms with Crippen molar-refractivity contribution in [3.63, 3.8) is 0 Å². The third kappa shape index (κ3) is 8.38. The van der Waals surface area contributed by atoms with E-state index in [9.17, 15) is 29.1 Å². The van der Waals surface area contributed by atoms with Crippen molar-refractivity contribution in [3.8, 4) is 22.9 Å². The number of amides is 5. The molecule has 0 unspecified atom stereocenters. The number of hydrogen-bond donors (Lipinski definition) is 5. The van der Waals surface area contributed by atoms with E-state index in [-0.39, 0.29) is 31.3 Å². The third-order valence-electron chi connectivity index (χ3n) is 10.6. The molecule has 5 N–H and O–H groups in total. The van der Waals surface area contributed by atoms with Crippen LogP contribution in [0.3, 0.4) is 0 Å². The number of nitrogens with one attached hydrogen (secondary N) is 4. The van der Waals surface area contributed by atoms with Crippen molar-refractivity contribution in [2.24, 2.45) is 11.3 Å². The van der Waals surface area contributed by atoms with E-state index in [2.05, 4.69) is 32.8 Å². The maximum atomic E-state index is 14.6. The number of aliphatic carboxylic acids is 1. The Kier molecular flexibility index (Phi) is 11.1. The number of methoxy groups -OCH3 is 1. The van der Waals surface area contributed by atoms with Crippen molar-refractivity contribution in [3.05, 3.63) is 41.8 Å². The molecule has 3 aliphatic rings.